The standard InChI is InChI=1S/C17H24N4O/c1-13(22-2)12-18-16-17(21-10-6-3-7-11-21)20-15-9-5-4-8-14(15)19-16/h4-5,8-9,13H,3,6-7,10-12H2,1-2H3,(H,18,19). The first kappa shape index (κ1) is 15.0. The van der Waals surface area contributed by atoms with E-state index < -0.39 is 0 Å². The number of hydrogen-bond donors (Lipinski definition) is 1. The van der Waals surface area contributed by atoms with Crippen LogP contribution in [0.25, 0.3) is 11.0 Å². The van der Waals surface area contributed by atoms with Crippen molar-refractivity contribution in [1.29, 1.82) is 0 Å². The molecule has 1 aromatic heterocycles. The first-order valence-corrected chi connectivity index (χ1v) is 8.06. The van der Waals surface area contributed by atoms with Gasteiger partial charge in [0.05, 0.1) is 17.1 Å². The van der Waals surface area contributed by atoms with Gasteiger partial charge in [0, 0.05) is 26.7 Å². The number of hydrogen-bond acceptors (Lipinski definition) is 5. The van der Waals surface area contributed by atoms with Crippen LogP contribution in [0.15, 0.2) is 24.3 Å². The van der Waals surface area contributed by atoms with E-state index in [-0.39, 0.29) is 6.10 Å². The van der Waals surface area contributed by atoms with Crippen LogP contribution in [0, 0.1) is 0 Å². The number of fused-ring (bicyclic) bond motifs is 1. The Kier molecular flexibility index (Phi) is 4.73. The number of methoxy groups -OCH3 is 1. The van der Waals surface area contributed by atoms with E-state index in [1.807, 2.05) is 31.2 Å². The largest absolute Gasteiger partial charge is 0.380 e. The highest BCUT2D eigenvalue weighted by Crippen LogP contribution is 2.27. The normalized spacial score (nSPS) is 16.7. The molecule has 1 fully saturated rings. The summed E-state index contributed by atoms with van der Waals surface area (Å²) >= 11 is 0. The molecule has 5 nitrogen and oxygen atoms in total. The summed E-state index contributed by atoms with van der Waals surface area (Å²) in [4.78, 5) is 12.0. The van der Waals surface area contributed by atoms with Crippen molar-refractivity contribution in [2.75, 3.05) is 37.0 Å². The summed E-state index contributed by atoms with van der Waals surface area (Å²) in [6.07, 6.45) is 3.90. The third-order valence-electron chi connectivity index (χ3n) is 4.17. The molecule has 0 bridgehead atoms. The summed E-state index contributed by atoms with van der Waals surface area (Å²) in [5.41, 5.74) is 1.88. The van der Waals surface area contributed by atoms with Crippen LogP contribution in [0.2, 0.25) is 0 Å². The van der Waals surface area contributed by atoms with E-state index >= 15 is 0 Å². The number of anilines is 2. The molecule has 1 N–H and O–H groups in total. The number of para-hydroxylation sites is 2. The third kappa shape index (κ3) is 3.30. The van der Waals surface area contributed by atoms with Crippen LogP contribution in [0.1, 0.15) is 26.2 Å². The first-order valence-electron chi connectivity index (χ1n) is 8.06. The van der Waals surface area contributed by atoms with Crippen LogP contribution in [-0.2, 0) is 4.74 Å². The SMILES string of the molecule is COC(C)CNc1nc2ccccc2nc1N1CCCCC1. The average Bonchev–Trinajstić information content (AvgIpc) is 2.59. The molecule has 2 aromatic rings. The van der Waals surface area contributed by atoms with Gasteiger partial charge in [0.25, 0.3) is 0 Å². The summed E-state index contributed by atoms with van der Waals surface area (Å²) in [7, 11) is 1.73. The van der Waals surface area contributed by atoms with E-state index in [2.05, 4.69) is 10.2 Å². The van der Waals surface area contributed by atoms with Gasteiger partial charge in [-0.15, -0.1) is 0 Å². The summed E-state index contributed by atoms with van der Waals surface area (Å²) in [5, 5.41) is 3.41. The van der Waals surface area contributed by atoms with Gasteiger partial charge in [0.15, 0.2) is 11.6 Å². The van der Waals surface area contributed by atoms with Gasteiger partial charge < -0.3 is 15.0 Å². The van der Waals surface area contributed by atoms with Gasteiger partial charge >= 0.3 is 0 Å². The Morgan fingerprint density at radius 3 is 2.50 bits per heavy atom. The lowest BCUT2D eigenvalue weighted by Crippen LogP contribution is -2.31. The van der Waals surface area contributed by atoms with Crippen LogP contribution in [0.3, 0.4) is 0 Å². The van der Waals surface area contributed by atoms with E-state index in [0.717, 1.165) is 42.3 Å². The van der Waals surface area contributed by atoms with E-state index in [4.69, 9.17) is 14.7 Å². The highest BCUT2D eigenvalue weighted by atomic mass is 16.5. The Bertz CT molecular complexity index is 625. The number of aromatic nitrogens is 2. The number of benzene rings is 1. The number of nitrogens with one attached hydrogen (secondary N) is 1. The van der Waals surface area contributed by atoms with Crippen LogP contribution >= 0.6 is 0 Å². The van der Waals surface area contributed by atoms with Gasteiger partial charge in [-0.25, -0.2) is 9.97 Å². The minimum absolute atomic E-state index is 0.141. The van der Waals surface area contributed by atoms with E-state index in [1.165, 1.54) is 19.3 Å². The molecule has 118 valence electrons. The Hall–Kier alpha value is -1.88. The second kappa shape index (κ2) is 6.92. The summed E-state index contributed by atoms with van der Waals surface area (Å²) in [6, 6.07) is 8.04. The van der Waals surface area contributed by atoms with Gasteiger partial charge in [-0.05, 0) is 38.3 Å². The highest BCUT2D eigenvalue weighted by molar-refractivity contribution is 5.80. The number of rotatable bonds is 5. The molecule has 1 aromatic carbocycles. The minimum Gasteiger partial charge on any atom is -0.380 e. The van der Waals surface area contributed by atoms with Crippen molar-refractivity contribution in [2.45, 2.75) is 32.3 Å². The monoisotopic (exact) mass is 300 g/mol. The van der Waals surface area contributed by atoms with Crippen LogP contribution < -0.4 is 10.2 Å². The molecule has 1 aliphatic rings. The van der Waals surface area contributed by atoms with E-state index in [9.17, 15) is 0 Å². The van der Waals surface area contributed by atoms with Crippen molar-refractivity contribution in [3.05, 3.63) is 24.3 Å². The quantitative estimate of drug-likeness (QED) is 0.919. The lowest BCUT2D eigenvalue weighted by Gasteiger charge is -2.29. The van der Waals surface area contributed by atoms with Gasteiger partial charge in [0.1, 0.15) is 0 Å². The Labute approximate surface area is 131 Å². The summed E-state index contributed by atoms with van der Waals surface area (Å²) in [6.45, 7) is 4.88. The fourth-order valence-corrected chi connectivity index (χ4v) is 2.76. The van der Waals surface area contributed by atoms with Gasteiger partial charge in [-0.2, -0.15) is 0 Å². The molecule has 0 spiro atoms. The topological polar surface area (TPSA) is 50.3 Å². The van der Waals surface area contributed by atoms with Gasteiger partial charge in [-0.3, -0.25) is 0 Å². The molecule has 1 aliphatic heterocycles. The Morgan fingerprint density at radius 1 is 1.14 bits per heavy atom. The minimum atomic E-state index is 0.141. The molecule has 22 heavy (non-hydrogen) atoms. The van der Waals surface area contributed by atoms with Gasteiger partial charge in [0.2, 0.25) is 0 Å². The first-order chi connectivity index (χ1) is 10.8. The van der Waals surface area contributed by atoms with Crippen molar-refractivity contribution < 1.29 is 4.74 Å². The maximum absolute atomic E-state index is 5.32. The fourth-order valence-electron chi connectivity index (χ4n) is 2.76. The third-order valence-corrected chi connectivity index (χ3v) is 4.17. The molecule has 1 atom stereocenters. The van der Waals surface area contributed by atoms with Crippen molar-refractivity contribution in [3.63, 3.8) is 0 Å². The molecule has 5 heteroatoms. The summed E-state index contributed by atoms with van der Waals surface area (Å²) in [5.74, 6) is 1.84. The molecule has 3 rings (SSSR count). The predicted octanol–water partition coefficient (Wildman–Crippen LogP) is 3.07. The van der Waals surface area contributed by atoms with Crippen LogP contribution in [0.5, 0.6) is 0 Å². The molecule has 0 saturated carbocycles. The van der Waals surface area contributed by atoms with Crippen molar-refractivity contribution in [2.24, 2.45) is 0 Å². The smallest absolute Gasteiger partial charge is 0.172 e. The molecular weight excluding hydrogens is 276 g/mol. The molecule has 0 amide bonds. The molecular formula is C17H24N4O. The Morgan fingerprint density at radius 2 is 1.82 bits per heavy atom. The zero-order valence-corrected chi connectivity index (χ0v) is 13.4. The number of nitrogens with zero attached hydrogens (tertiary/aromatic N) is 3. The van der Waals surface area contributed by atoms with E-state index in [0.29, 0.717) is 0 Å². The van der Waals surface area contributed by atoms with Crippen LogP contribution in [0.4, 0.5) is 11.6 Å². The average molecular weight is 300 g/mol. The zero-order valence-electron chi connectivity index (χ0n) is 13.4. The Balaban J connectivity index is 1.94. The lowest BCUT2D eigenvalue weighted by atomic mass is 10.1. The highest BCUT2D eigenvalue weighted by Gasteiger charge is 2.18. The predicted molar refractivity (Wildman–Crippen MR) is 90.6 cm³/mol. The lowest BCUT2D eigenvalue weighted by molar-refractivity contribution is 0.128. The van der Waals surface area contributed by atoms with Gasteiger partial charge in [-0.1, -0.05) is 12.1 Å². The van der Waals surface area contributed by atoms with Crippen molar-refractivity contribution >= 4 is 22.7 Å². The molecule has 1 unspecified atom stereocenters. The maximum Gasteiger partial charge on any atom is 0.172 e. The van der Waals surface area contributed by atoms with E-state index in [1.54, 1.807) is 7.11 Å². The van der Waals surface area contributed by atoms with Crippen molar-refractivity contribution in [1.82, 2.24) is 9.97 Å². The fraction of sp³-hybridized carbons (Fsp3) is 0.529. The summed E-state index contributed by atoms with van der Waals surface area (Å²) < 4.78 is 5.32. The molecule has 0 aliphatic carbocycles. The molecule has 0 radical (unpaired) electrons. The van der Waals surface area contributed by atoms with Crippen LogP contribution in [-0.4, -0.2) is 42.8 Å². The zero-order chi connectivity index (χ0) is 15.4. The molecule has 2 heterocycles. The second-order valence-corrected chi connectivity index (χ2v) is 5.86. The number of piperidine rings is 1. The maximum atomic E-state index is 5.32. The molecule has 1 saturated heterocycles. The van der Waals surface area contributed by atoms with Crippen molar-refractivity contribution in [3.8, 4) is 0 Å². The second-order valence-electron chi connectivity index (χ2n) is 5.86. The number of ether oxygens (including phenoxy) is 1.